The minimum Gasteiger partial charge on any atom is -0.383 e. The fourth-order valence-electron chi connectivity index (χ4n) is 1.28. The summed E-state index contributed by atoms with van der Waals surface area (Å²) in [5.74, 6) is 0. The molecule has 0 fully saturated rings. The van der Waals surface area contributed by atoms with Crippen LogP contribution in [0.5, 0.6) is 0 Å². The average molecular weight is 234 g/mol. The monoisotopic (exact) mass is 233 g/mol. The number of nitrogens with one attached hydrogen (secondary N) is 1. The molecular weight excluding hydrogens is 225 g/mol. The molecular formula is C9H9Cl2NS. The number of hydrogen-bond donors (Lipinski definition) is 1. The molecule has 70 valence electrons. The molecule has 1 unspecified atom stereocenters. The quantitative estimate of drug-likeness (QED) is 0.730. The Morgan fingerprint density at radius 3 is 2.85 bits per heavy atom. The van der Waals surface area contributed by atoms with Crippen LogP contribution in [0.25, 0.3) is 0 Å². The lowest BCUT2D eigenvalue weighted by atomic mass is 10.3. The maximum atomic E-state index is 5.92. The second kappa shape index (κ2) is 3.60. The molecule has 1 N–H and O–H groups in total. The highest BCUT2D eigenvalue weighted by Crippen LogP contribution is 2.39. The van der Waals surface area contributed by atoms with Gasteiger partial charge in [-0.15, -0.1) is 11.8 Å². The number of fused-ring (bicyclic) bond motifs is 1. The molecule has 1 aromatic rings. The van der Waals surface area contributed by atoms with Crippen LogP contribution in [0.3, 0.4) is 0 Å². The zero-order valence-corrected chi connectivity index (χ0v) is 9.43. The minimum absolute atomic E-state index is 0.588. The molecule has 0 saturated carbocycles. The normalized spacial score (nSPS) is 20.7. The summed E-state index contributed by atoms with van der Waals surface area (Å²) in [6.07, 6.45) is 0. The second-order valence-corrected chi connectivity index (χ2v) is 5.37. The number of rotatable bonds is 0. The molecule has 1 aliphatic rings. The third kappa shape index (κ3) is 1.90. The van der Waals surface area contributed by atoms with Crippen molar-refractivity contribution in [2.45, 2.75) is 17.1 Å². The van der Waals surface area contributed by atoms with Crippen molar-refractivity contribution < 1.29 is 0 Å². The van der Waals surface area contributed by atoms with E-state index in [1.54, 1.807) is 0 Å². The molecule has 4 heteroatoms. The molecule has 0 aliphatic carbocycles. The smallest absolute Gasteiger partial charge is 0.0613 e. The van der Waals surface area contributed by atoms with Crippen molar-refractivity contribution in [1.29, 1.82) is 0 Å². The predicted octanol–water partition coefficient (Wildman–Crippen LogP) is 3.90. The average Bonchev–Trinajstić information content (AvgIpc) is 2.08. The summed E-state index contributed by atoms with van der Waals surface area (Å²) in [5, 5.41) is 5.15. The van der Waals surface area contributed by atoms with Crippen LogP contribution >= 0.6 is 35.0 Å². The van der Waals surface area contributed by atoms with Gasteiger partial charge in [0.15, 0.2) is 0 Å². The Morgan fingerprint density at radius 2 is 2.08 bits per heavy atom. The van der Waals surface area contributed by atoms with Crippen LogP contribution in [0.2, 0.25) is 10.0 Å². The molecule has 0 spiro atoms. The Kier molecular flexibility index (Phi) is 2.63. The van der Waals surface area contributed by atoms with E-state index in [2.05, 4.69) is 12.2 Å². The van der Waals surface area contributed by atoms with E-state index in [0.717, 1.165) is 12.2 Å². The van der Waals surface area contributed by atoms with Gasteiger partial charge in [-0.05, 0) is 12.1 Å². The lowest BCUT2D eigenvalue weighted by Gasteiger charge is -2.23. The number of benzene rings is 1. The van der Waals surface area contributed by atoms with Crippen molar-refractivity contribution in [3.8, 4) is 0 Å². The summed E-state index contributed by atoms with van der Waals surface area (Å²) in [4.78, 5) is 1.19. The van der Waals surface area contributed by atoms with Crippen LogP contribution < -0.4 is 5.32 Å². The van der Waals surface area contributed by atoms with E-state index in [9.17, 15) is 0 Å². The first-order valence-electron chi connectivity index (χ1n) is 4.06. The highest BCUT2D eigenvalue weighted by Gasteiger charge is 2.16. The Balaban J connectivity index is 2.43. The van der Waals surface area contributed by atoms with Gasteiger partial charge in [-0.2, -0.15) is 0 Å². The standard InChI is InChI=1S/C9H9Cl2NS/c1-5-4-12-8-2-6(10)7(11)3-9(8)13-5/h2-3,5,12H,4H2,1H3. The van der Waals surface area contributed by atoms with E-state index in [0.29, 0.717) is 15.3 Å². The Labute approximate surface area is 91.8 Å². The van der Waals surface area contributed by atoms with E-state index in [4.69, 9.17) is 23.2 Å². The number of hydrogen-bond acceptors (Lipinski definition) is 2. The van der Waals surface area contributed by atoms with E-state index >= 15 is 0 Å². The van der Waals surface area contributed by atoms with Crippen LogP contribution in [-0.2, 0) is 0 Å². The molecule has 0 amide bonds. The van der Waals surface area contributed by atoms with Crippen LogP contribution in [0.4, 0.5) is 5.69 Å². The van der Waals surface area contributed by atoms with Crippen molar-refractivity contribution in [3.05, 3.63) is 22.2 Å². The fraction of sp³-hybridized carbons (Fsp3) is 0.333. The van der Waals surface area contributed by atoms with Gasteiger partial charge >= 0.3 is 0 Å². The maximum Gasteiger partial charge on any atom is 0.0613 e. The van der Waals surface area contributed by atoms with E-state index in [1.165, 1.54) is 4.90 Å². The number of thioether (sulfide) groups is 1. The number of halogens is 2. The van der Waals surface area contributed by atoms with Crippen molar-refractivity contribution in [2.24, 2.45) is 0 Å². The molecule has 1 aliphatic heterocycles. The zero-order chi connectivity index (χ0) is 9.42. The molecule has 0 aromatic heterocycles. The summed E-state index contributed by atoms with van der Waals surface area (Å²) in [6, 6.07) is 3.81. The van der Waals surface area contributed by atoms with Crippen LogP contribution in [0.1, 0.15) is 6.92 Å². The van der Waals surface area contributed by atoms with Gasteiger partial charge in [0.2, 0.25) is 0 Å². The van der Waals surface area contributed by atoms with E-state index in [1.807, 2.05) is 23.9 Å². The van der Waals surface area contributed by atoms with Crippen molar-refractivity contribution in [1.82, 2.24) is 0 Å². The van der Waals surface area contributed by atoms with Gasteiger partial charge in [-0.25, -0.2) is 0 Å². The van der Waals surface area contributed by atoms with Gasteiger partial charge in [0, 0.05) is 22.4 Å². The van der Waals surface area contributed by atoms with E-state index in [-0.39, 0.29) is 0 Å². The lowest BCUT2D eigenvalue weighted by Crippen LogP contribution is -2.18. The van der Waals surface area contributed by atoms with Crippen molar-refractivity contribution >= 4 is 40.7 Å². The Bertz CT molecular complexity index is 341. The van der Waals surface area contributed by atoms with Crippen LogP contribution in [0.15, 0.2) is 17.0 Å². The molecule has 1 heterocycles. The summed E-state index contributed by atoms with van der Waals surface area (Å²) in [7, 11) is 0. The Morgan fingerprint density at radius 1 is 1.38 bits per heavy atom. The molecule has 0 saturated heterocycles. The molecule has 1 nitrogen and oxygen atoms in total. The fourth-order valence-corrected chi connectivity index (χ4v) is 2.71. The van der Waals surface area contributed by atoms with Gasteiger partial charge in [-0.1, -0.05) is 30.1 Å². The SMILES string of the molecule is CC1CNc2cc(Cl)c(Cl)cc2S1. The lowest BCUT2D eigenvalue weighted by molar-refractivity contribution is 0.975. The van der Waals surface area contributed by atoms with E-state index < -0.39 is 0 Å². The first kappa shape index (κ1) is 9.50. The van der Waals surface area contributed by atoms with Gasteiger partial charge in [0.05, 0.1) is 10.0 Å². The Hall–Kier alpha value is -0.0500. The highest BCUT2D eigenvalue weighted by atomic mass is 35.5. The predicted molar refractivity (Wildman–Crippen MR) is 60.3 cm³/mol. The third-order valence-corrected chi connectivity index (χ3v) is 3.81. The molecule has 0 bridgehead atoms. The zero-order valence-electron chi connectivity index (χ0n) is 7.10. The topological polar surface area (TPSA) is 12.0 Å². The number of anilines is 1. The third-order valence-electron chi connectivity index (χ3n) is 1.93. The van der Waals surface area contributed by atoms with Crippen molar-refractivity contribution in [3.63, 3.8) is 0 Å². The highest BCUT2D eigenvalue weighted by molar-refractivity contribution is 8.00. The molecule has 13 heavy (non-hydrogen) atoms. The maximum absolute atomic E-state index is 5.92. The van der Waals surface area contributed by atoms with Crippen molar-refractivity contribution in [2.75, 3.05) is 11.9 Å². The molecule has 1 aromatic carbocycles. The molecule has 2 rings (SSSR count). The van der Waals surface area contributed by atoms with Crippen LogP contribution in [-0.4, -0.2) is 11.8 Å². The largest absolute Gasteiger partial charge is 0.383 e. The molecule has 1 atom stereocenters. The van der Waals surface area contributed by atoms with Gasteiger partial charge in [-0.3, -0.25) is 0 Å². The van der Waals surface area contributed by atoms with Gasteiger partial charge < -0.3 is 5.32 Å². The summed E-state index contributed by atoms with van der Waals surface area (Å²) in [5.41, 5.74) is 1.09. The van der Waals surface area contributed by atoms with Gasteiger partial charge in [0.25, 0.3) is 0 Å². The summed E-state index contributed by atoms with van der Waals surface area (Å²) in [6.45, 7) is 3.17. The summed E-state index contributed by atoms with van der Waals surface area (Å²) < 4.78 is 0. The second-order valence-electron chi connectivity index (χ2n) is 3.07. The summed E-state index contributed by atoms with van der Waals surface area (Å²) >= 11 is 13.7. The van der Waals surface area contributed by atoms with Gasteiger partial charge in [0.1, 0.15) is 0 Å². The van der Waals surface area contributed by atoms with Crippen LogP contribution in [0, 0.1) is 0 Å². The molecule has 0 radical (unpaired) electrons. The first-order valence-corrected chi connectivity index (χ1v) is 5.70. The minimum atomic E-state index is 0.588. The first-order chi connectivity index (χ1) is 6.16.